The molecule has 0 unspecified atom stereocenters. The summed E-state index contributed by atoms with van der Waals surface area (Å²) in [6, 6.07) is 5.73. The molecule has 0 heterocycles. The van der Waals surface area contributed by atoms with Crippen LogP contribution in [0.2, 0.25) is 0 Å². The topological polar surface area (TPSA) is 43.4 Å². The molecule has 0 aliphatic rings. The fraction of sp³-hybridized carbons (Fsp3) is 0.0714. The van der Waals surface area contributed by atoms with Crippen molar-refractivity contribution in [1.29, 1.82) is 0 Å². The zero-order valence-corrected chi connectivity index (χ0v) is 12.0. The highest BCUT2D eigenvalue weighted by atomic mass is 31.1. The number of halogens is 5. The van der Waals surface area contributed by atoms with E-state index in [0.717, 1.165) is 0 Å². The van der Waals surface area contributed by atoms with Gasteiger partial charge in [-0.2, -0.15) is 0 Å². The molecule has 0 aliphatic heterocycles. The summed E-state index contributed by atoms with van der Waals surface area (Å²) < 4.78 is 81.7. The number of ketones is 1. The molecule has 9 heteroatoms. The number of hydrogen-bond acceptors (Lipinski definition) is 3. The van der Waals surface area contributed by atoms with E-state index in [1.54, 1.807) is 0 Å². The van der Waals surface area contributed by atoms with Crippen LogP contribution < -0.4 is 10.0 Å². The third-order valence-electron chi connectivity index (χ3n) is 2.81. The molecular formula is C14H6F5O3P. The Balaban J connectivity index is 2.30. The Morgan fingerprint density at radius 2 is 1.43 bits per heavy atom. The minimum Gasteiger partial charge on any atom is -0.484 e. The maximum absolute atomic E-state index is 13.5. The first kappa shape index (κ1) is 17.0. The Hall–Kier alpha value is -2.34. The second-order valence-corrected chi connectivity index (χ2v) is 4.88. The summed E-state index contributed by atoms with van der Waals surface area (Å²) in [5.74, 6) is -12.7. The fourth-order valence-electron chi connectivity index (χ4n) is 1.72. The van der Waals surface area contributed by atoms with Crippen LogP contribution in [0.1, 0.15) is 10.4 Å². The Morgan fingerprint density at radius 3 is 2.00 bits per heavy atom. The lowest BCUT2D eigenvalue weighted by Gasteiger charge is -2.09. The maximum atomic E-state index is 13.5. The van der Waals surface area contributed by atoms with Gasteiger partial charge in [0.15, 0.2) is 38.3 Å². The molecule has 0 saturated carbocycles. The van der Waals surface area contributed by atoms with Crippen LogP contribution in [-0.4, -0.2) is 12.4 Å². The van der Waals surface area contributed by atoms with Crippen molar-refractivity contribution in [3.05, 3.63) is 58.9 Å². The number of para-hydroxylation sites is 1. The highest BCUT2D eigenvalue weighted by Gasteiger charge is 2.29. The number of ether oxygens (including phenoxy) is 1. The average molecular weight is 348 g/mol. The van der Waals surface area contributed by atoms with E-state index in [-0.39, 0.29) is 11.1 Å². The Labute approximate surface area is 127 Å². The minimum atomic E-state index is -2.35. The Kier molecular flexibility index (Phi) is 5.05. The van der Waals surface area contributed by atoms with Crippen molar-refractivity contribution >= 4 is 19.5 Å². The monoisotopic (exact) mass is 348 g/mol. The van der Waals surface area contributed by atoms with E-state index in [4.69, 9.17) is 4.74 Å². The smallest absolute Gasteiger partial charge is 0.206 e. The molecule has 0 bridgehead atoms. The van der Waals surface area contributed by atoms with Gasteiger partial charge < -0.3 is 4.74 Å². The van der Waals surface area contributed by atoms with Crippen LogP contribution in [0.25, 0.3) is 0 Å². The standard InChI is InChI=1S/C14H6F5O3P/c15-10-9(11(16)13(18)14(19)12(10)17)6(20)5-22-7-3-1-2-4-8(7)23-21/h1-4H,5H2. The van der Waals surface area contributed by atoms with Gasteiger partial charge in [-0.15, -0.1) is 0 Å². The van der Waals surface area contributed by atoms with Crippen molar-refractivity contribution in [3.8, 4) is 5.75 Å². The van der Waals surface area contributed by atoms with Crippen LogP contribution in [0.5, 0.6) is 5.75 Å². The SMILES string of the molecule is O=Pc1ccccc1OCC(=O)c1c(F)c(F)c(F)c(F)c1F. The summed E-state index contributed by atoms with van der Waals surface area (Å²) >= 11 is 0. The molecule has 0 spiro atoms. The lowest BCUT2D eigenvalue weighted by molar-refractivity contribution is 0.0910. The summed E-state index contributed by atoms with van der Waals surface area (Å²) in [5.41, 5.74) is -1.58. The normalized spacial score (nSPS) is 10.8. The first-order valence-corrected chi connectivity index (χ1v) is 6.79. The summed E-state index contributed by atoms with van der Waals surface area (Å²) in [5, 5.41) is 0.151. The number of rotatable bonds is 5. The van der Waals surface area contributed by atoms with Crippen molar-refractivity contribution in [2.45, 2.75) is 0 Å². The molecule has 0 aromatic heterocycles. The van der Waals surface area contributed by atoms with Crippen molar-refractivity contribution in [3.63, 3.8) is 0 Å². The highest BCUT2D eigenvalue weighted by Crippen LogP contribution is 2.23. The molecule has 0 radical (unpaired) electrons. The van der Waals surface area contributed by atoms with Crippen LogP contribution in [0.15, 0.2) is 24.3 Å². The molecule has 0 saturated heterocycles. The van der Waals surface area contributed by atoms with Gasteiger partial charge in [0.05, 0.1) is 10.9 Å². The predicted octanol–water partition coefficient (Wildman–Crippen LogP) is 3.56. The zero-order chi connectivity index (χ0) is 17.1. The lowest BCUT2D eigenvalue weighted by Crippen LogP contribution is -2.19. The molecule has 23 heavy (non-hydrogen) atoms. The van der Waals surface area contributed by atoms with E-state index in [9.17, 15) is 31.3 Å². The number of hydrogen-bond donors (Lipinski definition) is 0. The molecule has 0 aliphatic carbocycles. The van der Waals surface area contributed by atoms with Gasteiger partial charge in [-0.1, -0.05) is 12.1 Å². The van der Waals surface area contributed by atoms with Crippen LogP contribution in [-0.2, 0) is 4.57 Å². The predicted molar refractivity (Wildman–Crippen MR) is 69.7 cm³/mol. The van der Waals surface area contributed by atoms with Crippen molar-refractivity contribution in [1.82, 2.24) is 0 Å². The molecule has 2 aromatic carbocycles. The molecule has 2 rings (SSSR count). The quantitative estimate of drug-likeness (QED) is 0.273. The summed E-state index contributed by atoms with van der Waals surface area (Å²) in [6.45, 7) is -0.995. The summed E-state index contributed by atoms with van der Waals surface area (Å²) in [4.78, 5) is 11.7. The van der Waals surface area contributed by atoms with E-state index in [1.807, 2.05) is 0 Å². The van der Waals surface area contributed by atoms with Gasteiger partial charge in [0, 0.05) is 0 Å². The van der Waals surface area contributed by atoms with E-state index in [0.29, 0.717) is 0 Å². The third-order valence-corrected chi connectivity index (χ3v) is 3.38. The molecular weight excluding hydrogens is 342 g/mol. The molecule has 3 nitrogen and oxygen atoms in total. The van der Waals surface area contributed by atoms with Gasteiger partial charge in [-0.25, -0.2) is 22.0 Å². The second-order valence-electron chi connectivity index (χ2n) is 4.22. The van der Waals surface area contributed by atoms with Crippen LogP contribution in [0, 0.1) is 29.1 Å². The van der Waals surface area contributed by atoms with Gasteiger partial charge >= 0.3 is 0 Å². The largest absolute Gasteiger partial charge is 0.484 e. The van der Waals surface area contributed by atoms with Gasteiger partial charge in [0.25, 0.3) is 0 Å². The first-order chi connectivity index (χ1) is 10.9. The van der Waals surface area contributed by atoms with Crippen molar-refractivity contribution < 1.29 is 36.0 Å². The van der Waals surface area contributed by atoms with Gasteiger partial charge in [0.2, 0.25) is 11.6 Å². The molecule has 0 atom stereocenters. The highest BCUT2D eigenvalue weighted by molar-refractivity contribution is 7.34. The summed E-state index contributed by atoms with van der Waals surface area (Å²) in [7, 11) is -0.432. The first-order valence-electron chi connectivity index (χ1n) is 5.98. The maximum Gasteiger partial charge on any atom is 0.206 e. The van der Waals surface area contributed by atoms with Crippen molar-refractivity contribution in [2.75, 3.05) is 6.61 Å². The lowest BCUT2D eigenvalue weighted by atomic mass is 10.1. The molecule has 0 amide bonds. The minimum absolute atomic E-state index is 0.0265. The van der Waals surface area contributed by atoms with Crippen LogP contribution in [0.3, 0.4) is 0 Å². The Bertz CT molecular complexity index is 765. The van der Waals surface area contributed by atoms with Crippen LogP contribution in [0.4, 0.5) is 22.0 Å². The van der Waals surface area contributed by atoms with Gasteiger partial charge in [-0.05, 0) is 12.1 Å². The molecule has 0 N–H and O–H groups in total. The van der Waals surface area contributed by atoms with Gasteiger partial charge in [0.1, 0.15) is 5.75 Å². The number of Topliss-reactive ketones (excluding diaryl/α,β-unsaturated/α-hetero) is 1. The van der Waals surface area contributed by atoms with E-state index >= 15 is 0 Å². The zero-order valence-electron chi connectivity index (χ0n) is 11.1. The molecule has 120 valence electrons. The van der Waals surface area contributed by atoms with Crippen LogP contribution >= 0.6 is 8.46 Å². The van der Waals surface area contributed by atoms with E-state index < -0.39 is 55.5 Å². The summed E-state index contributed by atoms with van der Waals surface area (Å²) in [6.07, 6.45) is 0. The number of carbonyl (C=O) groups excluding carboxylic acids is 1. The molecule has 2 aromatic rings. The van der Waals surface area contributed by atoms with Crippen molar-refractivity contribution in [2.24, 2.45) is 0 Å². The Morgan fingerprint density at radius 1 is 0.913 bits per heavy atom. The van der Waals surface area contributed by atoms with E-state index in [1.165, 1.54) is 24.3 Å². The van der Waals surface area contributed by atoms with E-state index in [2.05, 4.69) is 0 Å². The molecule has 0 fully saturated rings. The second kappa shape index (κ2) is 6.83. The average Bonchev–Trinajstić information content (AvgIpc) is 2.56. The third kappa shape index (κ3) is 3.22. The number of carbonyl (C=O) groups is 1. The number of benzene rings is 2. The van der Waals surface area contributed by atoms with Gasteiger partial charge in [-0.3, -0.25) is 9.36 Å². The fourth-order valence-corrected chi connectivity index (χ4v) is 2.10.